The molecule has 8 heteroatoms. The van der Waals surface area contributed by atoms with Crippen LogP contribution >= 0.6 is 11.8 Å². The largest absolute Gasteiger partial charge is 0.497 e. The summed E-state index contributed by atoms with van der Waals surface area (Å²) in [6, 6.07) is 22.6. The van der Waals surface area contributed by atoms with Gasteiger partial charge < -0.3 is 25.4 Å². The first-order chi connectivity index (χ1) is 19.8. The van der Waals surface area contributed by atoms with Crippen molar-refractivity contribution in [1.29, 1.82) is 0 Å². The number of nitrogens with one attached hydrogen (secondary N) is 1. The Labute approximate surface area is 248 Å². The van der Waals surface area contributed by atoms with Gasteiger partial charge in [-0.1, -0.05) is 44.2 Å². The normalized spacial score (nSPS) is 12.4. The van der Waals surface area contributed by atoms with E-state index in [1.807, 2.05) is 72.5 Å². The molecule has 0 saturated carbocycles. The van der Waals surface area contributed by atoms with Gasteiger partial charge in [-0.2, -0.15) is 0 Å². The van der Waals surface area contributed by atoms with Crippen LogP contribution in [0, 0.1) is 6.92 Å². The summed E-state index contributed by atoms with van der Waals surface area (Å²) in [5.41, 5.74) is 9.33. The molecule has 0 heterocycles. The lowest BCUT2D eigenvalue weighted by molar-refractivity contribution is 0.0256. The van der Waals surface area contributed by atoms with Gasteiger partial charge in [0.15, 0.2) is 0 Å². The van der Waals surface area contributed by atoms with E-state index >= 15 is 0 Å². The Balaban J connectivity index is 1.75. The van der Waals surface area contributed by atoms with Crippen molar-refractivity contribution < 1.29 is 19.1 Å². The first-order valence-corrected chi connectivity index (χ1v) is 15.2. The van der Waals surface area contributed by atoms with Crippen LogP contribution in [0.4, 0.5) is 0 Å². The number of thioether (sulfide) groups is 1. The molecule has 0 aliphatic carbocycles. The lowest BCUT2D eigenvalue weighted by Crippen LogP contribution is -2.46. The minimum Gasteiger partial charge on any atom is -0.497 e. The predicted molar refractivity (Wildman–Crippen MR) is 167 cm³/mol. The number of nitrogens with two attached hydrogens (primary N) is 1. The van der Waals surface area contributed by atoms with Crippen molar-refractivity contribution in [1.82, 2.24) is 10.2 Å². The highest BCUT2D eigenvalue weighted by Crippen LogP contribution is 2.20. The van der Waals surface area contributed by atoms with Crippen molar-refractivity contribution in [2.45, 2.75) is 57.2 Å². The number of carbonyl (C=O) groups excluding carboxylic acids is 2. The van der Waals surface area contributed by atoms with E-state index in [1.165, 1.54) is 0 Å². The summed E-state index contributed by atoms with van der Waals surface area (Å²) >= 11 is 1.62. The molecule has 0 aromatic heterocycles. The molecule has 3 rings (SSSR count). The average molecular weight is 578 g/mol. The molecule has 0 saturated heterocycles. The van der Waals surface area contributed by atoms with Crippen LogP contribution in [0.3, 0.4) is 0 Å². The third-order valence-corrected chi connectivity index (χ3v) is 7.72. The Morgan fingerprint density at radius 1 is 0.951 bits per heavy atom. The topological polar surface area (TPSA) is 93.9 Å². The van der Waals surface area contributed by atoms with Crippen LogP contribution in [-0.2, 0) is 11.3 Å². The highest BCUT2D eigenvalue weighted by atomic mass is 32.2. The minimum absolute atomic E-state index is 0.0704. The first kappa shape index (κ1) is 32.2. The summed E-state index contributed by atoms with van der Waals surface area (Å²) in [6.07, 6.45) is 1.16. The fourth-order valence-corrected chi connectivity index (χ4v) is 5.45. The zero-order valence-corrected chi connectivity index (χ0v) is 25.4. The fourth-order valence-electron chi connectivity index (χ4n) is 4.51. The van der Waals surface area contributed by atoms with E-state index in [9.17, 15) is 9.59 Å². The molecular formula is C33H43N3O4S. The molecule has 7 nitrogen and oxygen atoms in total. The van der Waals surface area contributed by atoms with Crippen molar-refractivity contribution >= 4 is 23.6 Å². The molecule has 3 N–H and O–H groups in total. The number of hydrogen-bond acceptors (Lipinski definition) is 7. The third kappa shape index (κ3) is 10.2. The molecule has 0 radical (unpaired) electrons. The number of esters is 1. The standard InChI is InChI=1S/C33H43N3O4S/c1-5-15-36(16-6-2)32(37)26-17-24(3)18-27(20-26)33(38)40-31(30(34)23-41-29-13-8-7-9-14-29)22-35-21-25-11-10-12-28(19-25)39-4/h7-14,17-20,30-31,35H,5-6,15-16,21-23,34H2,1-4H3. The van der Waals surface area contributed by atoms with Gasteiger partial charge in [-0.25, -0.2) is 4.79 Å². The summed E-state index contributed by atoms with van der Waals surface area (Å²) in [7, 11) is 1.64. The number of amides is 1. The van der Waals surface area contributed by atoms with Crippen LogP contribution in [0.5, 0.6) is 5.75 Å². The monoisotopic (exact) mass is 577 g/mol. The second-order valence-corrected chi connectivity index (χ2v) is 11.2. The first-order valence-electron chi connectivity index (χ1n) is 14.2. The summed E-state index contributed by atoms with van der Waals surface area (Å²) in [5.74, 6) is 0.792. The van der Waals surface area contributed by atoms with Gasteiger partial charge in [0.1, 0.15) is 11.9 Å². The van der Waals surface area contributed by atoms with Gasteiger partial charge >= 0.3 is 5.97 Å². The molecule has 220 valence electrons. The average Bonchev–Trinajstić information content (AvgIpc) is 2.99. The van der Waals surface area contributed by atoms with Crippen molar-refractivity contribution in [3.8, 4) is 5.75 Å². The van der Waals surface area contributed by atoms with Crippen molar-refractivity contribution in [3.63, 3.8) is 0 Å². The molecule has 0 aliphatic heterocycles. The van der Waals surface area contributed by atoms with Crippen LogP contribution < -0.4 is 15.8 Å². The Morgan fingerprint density at radius 2 is 1.66 bits per heavy atom. The molecule has 3 aromatic carbocycles. The number of nitrogens with zero attached hydrogens (tertiary/aromatic N) is 1. The zero-order valence-electron chi connectivity index (χ0n) is 24.6. The van der Waals surface area contributed by atoms with Gasteiger partial charge in [0.2, 0.25) is 0 Å². The number of carbonyl (C=O) groups is 2. The van der Waals surface area contributed by atoms with E-state index in [-0.39, 0.29) is 5.91 Å². The SMILES string of the molecule is CCCN(CCC)C(=O)c1cc(C)cc(C(=O)OC(CNCc2cccc(OC)c2)C(N)CSc2ccccc2)c1. The van der Waals surface area contributed by atoms with Crippen LogP contribution in [0.15, 0.2) is 77.7 Å². The van der Waals surface area contributed by atoms with Crippen LogP contribution in [0.25, 0.3) is 0 Å². The number of rotatable bonds is 16. The second kappa shape index (κ2) is 16.8. The molecule has 2 unspecified atom stereocenters. The highest BCUT2D eigenvalue weighted by Gasteiger charge is 2.25. The van der Waals surface area contributed by atoms with Gasteiger partial charge in [-0.3, -0.25) is 4.79 Å². The van der Waals surface area contributed by atoms with Crippen LogP contribution in [-0.4, -0.2) is 61.4 Å². The van der Waals surface area contributed by atoms with E-state index < -0.39 is 18.1 Å². The lowest BCUT2D eigenvalue weighted by atomic mass is 10.0. The number of hydrogen-bond donors (Lipinski definition) is 2. The summed E-state index contributed by atoms with van der Waals surface area (Å²) in [5, 5.41) is 3.39. The number of benzene rings is 3. The molecule has 0 fully saturated rings. The summed E-state index contributed by atoms with van der Waals surface area (Å²) < 4.78 is 11.4. The van der Waals surface area contributed by atoms with Crippen molar-refractivity contribution in [2.24, 2.45) is 5.73 Å². The molecule has 0 spiro atoms. The Morgan fingerprint density at radius 3 is 2.34 bits per heavy atom. The molecule has 0 aliphatic rings. The molecule has 1 amide bonds. The number of ether oxygens (including phenoxy) is 2. The van der Waals surface area contributed by atoms with Gasteiger partial charge in [-0.15, -0.1) is 11.8 Å². The molecule has 2 atom stereocenters. The Hall–Kier alpha value is -3.33. The maximum absolute atomic E-state index is 13.4. The van der Waals surface area contributed by atoms with E-state index in [2.05, 4.69) is 19.2 Å². The van der Waals surface area contributed by atoms with E-state index in [0.717, 1.165) is 34.6 Å². The van der Waals surface area contributed by atoms with Crippen LogP contribution in [0.1, 0.15) is 58.5 Å². The zero-order chi connectivity index (χ0) is 29.6. The van der Waals surface area contributed by atoms with E-state index in [4.69, 9.17) is 15.2 Å². The Kier molecular flexibility index (Phi) is 13.2. The molecule has 3 aromatic rings. The predicted octanol–water partition coefficient (Wildman–Crippen LogP) is 5.70. The quantitative estimate of drug-likeness (QED) is 0.167. The maximum atomic E-state index is 13.4. The molecular weight excluding hydrogens is 534 g/mol. The number of aryl methyl sites for hydroxylation is 1. The maximum Gasteiger partial charge on any atom is 0.338 e. The third-order valence-electron chi connectivity index (χ3n) is 6.56. The van der Waals surface area contributed by atoms with Gasteiger partial charge in [0.05, 0.1) is 18.7 Å². The lowest BCUT2D eigenvalue weighted by Gasteiger charge is -2.25. The second-order valence-electron chi connectivity index (χ2n) is 10.1. The fraction of sp³-hybridized carbons (Fsp3) is 0.394. The van der Waals surface area contributed by atoms with Gasteiger partial charge in [0.25, 0.3) is 5.91 Å². The minimum atomic E-state index is -0.583. The van der Waals surface area contributed by atoms with Crippen LogP contribution in [0.2, 0.25) is 0 Å². The summed E-state index contributed by atoms with van der Waals surface area (Å²) in [4.78, 5) is 29.6. The number of methoxy groups -OCH3 is 1. The molecule has 41 heavy (non-hydrogen) atoms. The van der Waals surface area contributed by atoms with Crippen molar-refractivity contribution in [3.05, 3.63) is 95.1 Å². The van der Waals surface area contributed by atoms with E-state index in [1.54, 1.807) is 31.0 Å². The van der Waals surface area contributed by atoms with Gasteiger partial charge in [0, 0.05) is 42.4 Å². The van der Waals surface area contributed by atoms with Gasteiger partial charge in [-0.05, 0) is 73.4 Å². The summed E-state index contributed by atoms with van der Waals surface area (Å²) in [6.45, 7) is 8.28. The highest BCUT2D eigenvalue weighted by molar-refractivity contribution is 7.99. The smallest absolute Gasteiger partial charge is 0.338 e. The molecule has 0 bridgehead atoms. The van der Waals surface area contributed by atoms with E-state index in [0.29, 0.717) is 43.1 Å². The van der Waals surface area contributed by atoms with Crippen molar-refractivity contribution in [2.75, 3.05) is 32.5 Å². The Bertz CT molecular complexity index is 1250.